The second-order valence-electron chi connectivity index (χ2n) is 6.01. The van der Waals surface area contributed by atoms with Gasteiger partial charge in [0.15, 0.2) is 0 Å². The molecule has 0 amide bonds. The number of nitrogens with zero attached hydrogens (tertiary/aromatic N) is 1. The lowest BCUT2D eigenvalue weighted by molar-refractivity contribution is -0.142. The molecule has 2 aromatic carbocycles. The van der Waals surface area contributed by atoms with Gasteiger partial charge in [-0.3, -0.25) is 14.2 Å². The van der Waals surface area contributed by atoms with Gasteiger partial charge in [-0.25, -0.2) is 0 Å². The molecule has 7 heteroatoms. The number of aromatic hydroxyl groups is 1. The lowest BCUT2D eigenvalue weighted by Gasteiger charge is -2.08. The normalized spacial score (nSPS) is 11.0. The van der Waals surface area contributed by atoms with Gasteiger partial charge in [0.1, 0.15) is 5.75 Å². The van der Waals surface area contributed by atoms with E-state index in [0.29, 0.717) is 27.7 Å². The largest absolute Gasteiger partial charge is 0.506 e. The van der Waals surface area contributed by atoms with E-state index in [1.807, 2.05) is 0 Å². The quantitative estimate of drug-likeness (QED) is 0.576. The molecule has 0 fully saturated rings. The molecule has 0 aliphatic heterocycles. The average molecular weight is 451 g/mol. The van der Waals surface area contributed by atoms with Gasteiger partial charge in [0.25, 0.3) is 5.91 Å². The molecule has 5 nitrogen and oxygen atoms in total. The highest BCUT2D eigenvalue weighted by atomic mass is 79.9. The minimum Gasteiger partial charge on any atom is -0.506 e. The van der Waals surface area contributed by atoms with Crippen molar-refractivity contribution in [3.8, 4) is 5.75 Å². The second kappa shape index (κ2) is 7.74. The van der Waals surface area contributed by atoms with Crippen LogP contribution in [-0.4, -0.2) is 28.2 Å². The number of phenols is 1. The molecule has 0 aliphatic rings. The maximum atomic E-state index is 13.1. The third kappa shape index (κ3) is 3.73. The fourth-order valence-electron chi connectivity index (χ4n) is 3.05. The zero-order valence-electron chi connectivity index (χ0n) is 14.8. The summed E-state index contributed by atoms with van der Waals surface area (Å²) in [6, 6.07) is 10.0. The zero-order chi connectivity index (χ0) is 19.7. The summed E-state index contributed by atoms with van der Waals surface area (Å²) in [7, 11) is 0. The van der Waals surface area contributed by atoms with Crippen molar-refractivity contribution in [1.82, 2.24) is 4.57 Å². The molecule has 27 heavy (non-hydrogen) atoms. The highest BCUT2D eigenvalue weighted by molar-refractivity contribution is 9.10. The second-order valence-corrected chi connectivity index (χ2v) is 7.34. The van der Waals surface area contributed by atoms with Crippen LogP contribution in [0.25, 0.3) is 10.9 Å². The van der Waals surface area contributed by atoms with Crippen molar-refractivity contribution in [2.75, 3.05) is 6.61 Å². The molecule has 0 unspecified atom stereocenters. The first-order valence-corrected chi connectivity index (χ1v) is 9.48. The Kier molecular flexibility index (Phi) is 5.58. The summed E-state index contributed by atoms with van der Waals surface area (Å²) in [5, 5.41) is 10.7. The number of rotatable bonds is 4. The van der Waals surface area contributed by atoms with Crippen LogP contribution in [0.15, 0.2) is 40.9 Å². The summed E-state index contributed by atoms with van der Waals surface area (Å²) in [5.74, 6) is -0.755. The van der Waals surface area contributed by atoms with Crippen molar-refractivity contribution in [3.63, 3.8) is 0 Å². The van der Waals surface area contributed by atoms with E-state index in [4.69, 9.17) is 16.3 Å². The first-order valence-electron chi connectivity index (χ1n) is 8.31. The average Bonchev–Trinajstić information content (AvgIpc) is 2.87. The third-order valence-electron chi connectivity index (χ3n) is 4.32. The number of halogens is 2. The third-order valence-corrected chi connectivity index (χ3v) is 5.16. The van der Waals surface area contributed by atoms with Crippen LogP contribution in [0.3, 0.4) is 0 Å². The van der Waals surface area contributed by atoms with Gasteiger partial charge >= 0.3 is 5.97 Å². The molecule has 3 aromatic rings. The molecular formula is C20H17BrClNO4. The molecule has 0 spiro atoms. The molecule has 1 aromatic heterocycles. The maximum absolute atomic E-state index is 13.1. The van der Waals surface area contributed by atoms with Gasteiger partial charge in [0, 0.05) is 21.1 Å². The minimum atomic E-state index is -0.398. The van der Waals surface area contributed by atoms with Crippen molar-refractivity contribution in [2.24, 2.45) is 0 Å². The summed E-state index contributed by atoms with van der Waals surface area (Å²) >= 11 is 9.43. The Morgan fingerprint density at radius 2 is 1.89 bits per heavy atom. The van der Waals surface area contributed by atoms with E-state index in [1.54, 1.807) is 38.1 Å². The minimum absolute atomic E-state index is 0.00212. The smallest absolute Gasteiger partial charge is 0.310 e. The Morgan fingerprint density at radius 3 is 2.52 bits per heavy atom. The number of hydrogen-bond acceptors (Lipinski definition) is 4. The molecule has 0 saturated carbocycles. The Hall–Kier alpha value is -2.31. The number of benzene rings is 2. The molecule has 0 atom stereocenters. The Balaban J connectivity index is 2.21. The first kappa shape index (κ1) is 19.5. The summed E-state index contributed by atoms with van der Waals surface area (Å²) < 4.78 is 7.42. The highest BCUT2D eigenvalue weighted by Gasteiger charge is 2.23. The van der Waals surface area contributed by atoms with Crippen molar-refractivity contribution >= 4 is 50.3 Å². The van der Waals surface area contributed by atoms with Gasteiger partial charge in [-0.1, -0.05) is 27.5 Å². The van der Waals surface area contributed by atoms with Gasteiger partial charge in [-0.05, 0) is 55.8 Å². The summed E-state index contributed by atoms with van der Waals surface area (Å²) in [4.78, 5) is 25.2. The lowest BCUT2D eigenvalue weighted by Crippen LogP contribution is -2.14. The predicted molar refractivity (Wildman–Crippen MR) is 108 cm³/mol. The summed E-state index contributed by atoms with van der Waals surface area (Å²) in [6.07, 6.45) is -0.00212. The summed E-state index contributed by atoms with van der Waals surface area (Å²) in [5.41, 5.74) is 2.25. The van der Waals surface area contributed by atoms with Crippen LogP contribution in [0.4, 0.5) is 0 Å². The van der Waals surface area contributed by atoms with Crippen molar-refractivity contribution in [2.45, 2.75) is 20.3 Å². The van der Waals surface area contributed by atoms with Crippen molar-refractivity contribution < 1.29 is 19.4 Å². The Morgan fingerprint density at radius 1 is 1.22 bits per heavy atom. The van der Waals surface area contributed by atoms with E-state index in [9.17, 15) is 14.7 Å². The predicted octanol–water partition coefficient (Wildman–Crippen LogP) is 4.87. The van der Waals surface area contributed by atoms with Crippen LogP contribution in [0.1, 0.15) is 28.5 Å². The number of carbonyl (C=O) groups excluding carboxylic acids is 2. The van der Waals surface area contributed by atoms with E-state index >= 15 is 0 Å². The van der Waals surface area contributed by atoms with E-state index < -0.39 is 5.97 Å². The molecule has 1 heterocycles. The zero-order valence-corrected chi connectivity index (χ0v) is 17.1. The van der Waals surface area contributed by atoms with Crippen LogP contribution < -0.4 is 0 Å². The van der Waals surface area contributed by atoms with Crippen LogP contribution >= 0.6 is 27.5 Å². The van der Waals surface area contributed by atoms with Gasteiger partial charge in [0.2, 0.25) is 0 Å². The lowest BCUT2D eigenvalue weighted by atomic mass is 10.1. The monoisotopic (exact) mass is 449 g/mol. The number of phenolic OH excluding ortho intramolecular Hbond substituents is 1. The molecule has 0 bridgehead atoms. The van der Waals surface area contributed by atoms with Gasteiger partial charge in [-0.2, -0.15) is 0 Å². The first-order chi connectivity index (χ1) is 12.8. The number of aromatic nitrogens is 1. The fraction of sp³-hybridized carbons (Fsp3) is 0.200. The van der Waals surface area contributed by atoms with E-state index in [0.717, 1.165) is 4.47 Å². The number of ether oxygens (including phenoxy) is 1. The van der Waals surface area contributed by atoms with E-state index in [1.165, 1.54) is 16.7 Å². The number of carbonyl (C=O) groups is 2. The number of esters is 1. The number of fused-ring (bicyclic) bond motifs is 1. The maximum Gasteiger partial charge on any atom is 0.310 e. The Labute approximate surface area is 169 Å². The molecule has 0 saturated heterocycles. The fourth-order valence-corrected chi connectivity index (χ4v) is 3.47. The number of hydrogen-bond donors (Lipinski definition) is 1. The van der Waals surface area contributed by atoms with Crippen LogP contribution in [0.2, 0.25) is 5.02 Å². The molecule has 3 rings (SSSR count). The standard InChI is InChI=1S/C20H17BrClNO4/c1-3-27-19(25)9-14-11(2)23(17-10-16(22)18(24)8-15(14)17)20(26)12-4-6-13(21)7-5-12/h4-8,10,24H,3,9H2,1-2H3. The van der Waals surface area contributed by atoms with Crippen molar-refractivity contribution in [1.29, 1.82) is 0 Å². The van der Waals surface area contributed by atoms with Crippen LogP contribution in [-0.2, 0) is 16.0 Å². The molecule has 140 valence electrons. The van der Waals surface area contributed by atoms with E-state index in [2.05, 4.69) is 15.9 Å². The molecular weight excluding hydrogens is 434 g/mol. The van der Waals surface area contributed by atoms with Gasteiger partial charge in [0.05, 0.1) is 23.6 Å². The highest BCUT2D eigenvalue weighted by Crippen LogP contribution is 2.35. The SMILES string of the molecule is CCOC(=O)Cc1c(C)n(C(=O)c2ccc(Br)cc2)c2cc(Cl)c(O)cc12. The van der Waals surface area contributed by atoms with Crippen LogP contribution in [0.5, 0.6) is 5.75 Å². The van der Waals surface area contributed by atoms with Crippen molar-refractivity contribution in [3.05, 3.63) is 62.7 Å². The van der Waals surface area contributed by atoms with Gasteiger partial charge in [-0.15, -0.1) is 0 Å². The van der Waals surface area contributed by atoms with Crippen LogP contribution in [0, 0.1) is 6.92 Å². The Bertz CT molecular complexity index is 1040. The topological polar surface area (TPSA) is 68.5 Å². The molecule has 1 N–H and O–H groups in total. The summed E-state index contributed by atoms with van der Waals surface area (Å²) in [6.45, 7) is 3.76. The van der Waals surface area contributed by atoms with Gasteiger partial charge < -0.3 is 9.84 Å². The molecule has 0 aliphatic carbocycles. The molecule has 0 radical (unpaired) electrons. The van der Waals surface area contributed by atoms with E-state index in [-0.39, 0.29) is 29.7 Å².